The number of amides is 2. The molecule has 1 atom stereocenters. The molecule has 1 aliphatic rings. The molecule has 0 unspecified atom stereocenters. The number of nitrogens with one attached hydrogen (secondary N) is 1. The van der Waals surface area contributed by atoms with Gasteiger partial charge in [-0.05, 0) is 64.9 Å². The molecule has 0 spiro atoms. The van der Waals surface area contributed by atoms with Crippen LogP contribution >= 0.6 is 15.9 Å². The molecule has 1 N–H and O–H groups in total. The van der Waals surface area contributed by atoms with E-state index in [0.29, 0.717) is 11.3 Å². The fourth-order valence-electron chi connectivity index (χ4n) is 4.27. The zero-order chi connectivity index (χ0) is 25.6. The van der Waals surface area contributed by atoms with Crippen molar-refractivity contribution in [2.24, 2.45) is 0 Å². The fraction of sp³-hybridized carbons (Fsp3) is 0.500. The van der Waals surface area contributed by atoms with Crippen LogP contribution in [0.2, 0.25) is 0 Å². The van der Waals surface area contributed by atoms with Crippen molar-refractivity contribution in [2.75, 3.05) is 6.61 Å². The van der Waals surface area contributed by atoms with E-state index in [-0.39, 0.29) is 36.4 Å². The number of ether oxygens (including phenoxy) is 1. The molecule has 2 aromatic rings. The van der Waals surface area contributed by atoms with Crippen LogP contribution in [0.5, 0.6) is 5.75 Å². The van der Waals surface area contributed by atoms with E-state index in [1.165, 1.54) is 17.4 Å². The van der Waals surface area contributed by atoms with Crippen molar-refractivity contribution in [2.45, 2.75) is 83.8 Å². The zero-order valence-corrected chi connectivity index (χ0v) is 22.7. The molecule has 1 aliphatic carbocycles. The highest BCUT2D eigenvalue weighted by Gasteiger charge is 2.29. The Hall–Kier alpha value is -2.41. The first-order valence-electron chi connectivity index (χ1n) is 12.3. The summed E-state index contributed by atoms with van der Waals surface area (Å²) in [4.78, 5) is 27.7. The average Bonchev–Trinajstić information content (AvgIpc) is 2.82. The van der Waals surface area contributed by atoms with Gasteiger partial charge in [-0.15, -0.1) is 0 Å². The lowest BCUT2D eigenvalue weighted by Crippen LogP contribution is -2.51. The van der Waals surface area contributed by atoms with Crippen LogP contribution in [0.3, 0.4) is 0 Å². The van der Waals surface area contributed by atoms with Crippen molar-refractivity contribution in [3.05, 3.63) is 63.9 Å². The van der Waals surface area contributed by atoms with Gasteiger partial charge in [0.25, 0.3) is 5.91 Å². The van der Waals surface area contributed by atoms with Crippen LogP contribution in [0.4, 0.5) is 4.39 Å². The van der Waals surface area contributed by atoms with Gasteiger partial charge in [0.05, 0.1) is 4.47 Å². The van der Waals surface area contributed by atoms with Crippen LogP contribution in [0, 0.1) is 5.82 Å². The molecule has 0 heterocycles. The number of rotatable bonds is 8. The van der Waals surface area contributed by atoms with E-state index in [9.17, 15) is 14.0 Å². The summed E-state index contributed by atoms with van der Waals surface area (Å²) in [5.41, 5.74) is 1.47. The molecule has 0 saturated heterocycles. The van der Waals surface area contributed by atoms with Crippen molar-refractivity contribution in [1.82, 2.24) is 10.2 Å². The maximum absolute atomic E-state index is 14.4. The third-order valence-corrected chi connectivity index (χ3v) is 7.19. The van der Waals surface area contributed by atoms with Crippen molar-refractivity contribution in [1.29, 1.82) is 0 Å². The first-order chi connectivity index (χ1) is 16.6. The normalized spacial score (nSPS) is 15.4. The summed E-state index contributed by atoms with van der Waals surface area (Å²) >= 11 is 3.53. The lowest BCUT2D eigenvalue weighted by atomic mass is 9.87. The first kappa shape index (κ1) is 27.2. The molecule has 1 fully saturated rings. The van der Waals surface area contributed by atoms with E-state index in [1.54, 1.807) is 25.1 Å². The van der Waals surface area contributed by atoms with Crippen molar-refractivity contribution < 1.29 is 18.7 Å². The average molecular weight is 548 g/mol. The summed E-state index contributed by atoms with van der Waals surface area (Å²) in [6, 6.07) is 11.5. The SMILES string of the molecule is C[C@@H](C(=O)NC1CCCCC1)N(Cc1ccccc1F)C(=O)COc1ccc(C(C)(C)C)cc1Br. The highest BCUT2D eigenvalue weighted by atomic mass is 79.9. The number of nitrogens with zero attached hydrogens (tertiary/aromatic N) is 1. The van der Waals surface area contributed by atoms with Crippen LogP contribution in [-0.4, -0.2) is 35.4 Å². The van der Waals surface area contributed by atoms with Gasteiger partial charge in [0.15, 0.2) is 6.61 Å². The van der Waals surface area contributed by atoms with Crippen LogP contribution in [0.25, 0.3) is 0 Å². The molecular weight excluding hydrogens is 511 g/mol. The molecule has 2 aromatic carbocycles. The molecule has 0 aliphatic heterocycles. The van der Waals surface area contributed by atoms with Gasteiger partial charge in [-0.3, -0.25) is 9.59 Å². The smallest absolute Gasteiger partial charge is 0.261 e. The van der Waals surface area contributed by atoms with Gasteiger partial charge in [-0.2, -0.15) is 0 Å². The van der Waals surface area contributed by atoms with Gasteiger partial charge in [-0.1, -0.05) is 64.3 Å². The van der Waals surface area contributed by atoms with E-state index >= 15 is 0 Å². The number of carbonyl (C=O) groups excluding carboxylic acids is 2. The number of carbonyl (C=O) groups is 2. The number of benzene rings is 2. The first-order valence-corrected chi connectivity index (χ1v) is 13.1. The predicted molar refractivity (Wildman–Crippen MR) is 140 cm³/mol. The van der Waals surface area contributed by atoms with Crippen LogP contribution in [0.15, 0.2) is 46.9 Å². The van der Waals surface area contributed by atoms with Crippen LogP contribution < -0.4 is 10.1 Å². The lowest BCUT2D eigenvalue weighted by Gasteiger charge is -2.31. The van der Waals surface area contributed by atoms with Gasteiger partial charge in [-0.25, -0.2) is 4.39 Å². The van der Waals surface area contributed by atoms with E-state index in [2.05, 4.69) is 42.0 Å². The second kappa shape index (κ2) is 12.0. The summed E-state index contributed by atoms with van der Waals surface area (Å²) in [7, 11) is 0. The Bertz CT molecular complexity index is 1030. The quantitative estimate of drug-likeness (QED) is 0.433. The summed E-state index contributed by atoms with van der Waals surface area (Å²) < 4.78 is 21.0. The minimum absolute atomic E-state index is 0.0156. The Morgan fingerprint density at radius 1 is 1.14 bits per heavy atom. The van der Waals surface area contributed by atoms with Gasteiger partial charge < -0.3 is 15.0 Å². The standard InChI is InChI=1S/C28H36BrFN2O3/c1-19(27(34)31-22-11-6-5-7-12-22)32(17-20-10-8-9-13-24(20)30)26(33)18-35-25-15-14-21(16-23(25)29)28(2,3)4/h8-10,13-16,19,22H,5-7,11-12,17-18H2,1-4H3,(H,31,34)/t19-/m0/s1. The molecule has 3 rings (SSSR count). The molecular formula is C28H36BrFN2O3. The number of hydrogen-bond donors (Lipinski definition) is 1. The van der Waals surface area contributed by atoms with E-state index < -0.39 is 11.9 Å². The summed E-state index contributed by atoms with van der Waals surface area (Å²) in [5.74, 6) is -0.480. The predicted octanol–water partition coefficient (Wildman–Crippen LogP) is 6.13. The van der Waals surface area contributed by atoms with Crippen LogP contribution in [-0.2, 0) is 21.5 Å². The van der Waals surface area contributed by atoms with Gasteiger partial charge in [0.2, 0.25) is 5.91 Å². The highest BCUT2D eigenvalue weighted by Crippen LogP contribution is 2.31. The Labute approximate surface area is 216 Å². The lowest BCUT2D eigenvalue weighted by molar-refractivity contribution is -0.142. The molecule has 35 heavy (non-hydrogen) atoms. The summed E-state index contributed by atoms with van der Waals surface area (Å²) in [6.45, 7) is 7.78. The van der Waals surface area contributed by atoms with E-state index in [1.807, 2.05) is 18.2 Å². The molecule has 2 amide bonds. The maximum Gasteiger partial charge on any atom is 0.261 e. The number of halogens is 2. The molecule has 5 nitrogen and oxygen atoms in total. The summed E-state index contributed by atoms with van der Waals surface area (Å²) in [5, 5.41) is 3.08. The van der Waals surface area contributed by atoms with Gasteiger partial charge in [0, 0.05) is 18.2 Å². The van der Waals surface area contributed by atoms with E-state index in [4.69, 9.17) is 4.74 Å². The largest absolute Gasteiger partial charge is 0.483 e. The topological polar surface area (TPSA) is 58.6 Å². The fourth-order valence-corrected chi connectivity index (χ4v) is 4.76. The van der Waals surface area contributed by atoms with Gasteiger partial charge in [0.1, 0.15) is 17.6 Å². The third-order valence-electron chi connectivity index (χ3n) is 6.57. The monoisotopic (exact) mass is 546 g/mol. The van der Waals surface area contributed by atoms with Crippen molar-refractivity contribution in [3.63, 3.8) is 0 Å². The Kier molecular flexibility index (Phi) is 9.34. The molecule has 7 heteroatoms. The Balaban J connectivity index is 1.74. The number of hydrogen-bond acceptors (Lipinski definition) is 3. The van der Waals surface area contributed by atoms with E-state index in [0.717, 1.165) is 35.7 Å². The summed E-state index contributed by atoms with van der Waals surface area (Å²) in [6.07, 6.45) is 5.26. The molecule has 0 aromatic heterocycles. The molecule has 0 radical (unpaired) electrons. The van der Waals surface area contributed by atoms with Crippen molar-refractivity contribution in [3.8, 4) is 5.75 Å². The second-order valence-electron chi connectivity index (χ2n) is 10.3. The third kappa shape index (κ3) is 7.53. The molecule has 0 bridgehead atoms. The minimum Gasteiger partial charge on any atom is -0.483 e. The minimum atomic E-state index is -0.765. The zero-order valence-electron chi connectivity index (χ0n) is 21.1. The van der Waals surface area contributed by atoms with Crippen molar-refractivity contribution >= 4 is 27.7 Å². The Morgan fingerprint density at radius 3 is 2.46 bits per heavy atom. The van der Waals surface area contributed by atoms with Gasteiger partial charge >= 0.3 is 0 Å². The van der Waals surface area contributed by atoms with Crippen LogP contribution in [0.1, 0.15) is 70.9 Å². The Morgan fingerprint density at radius 2 is 1.83 bits per heavy atom. The maximum atomic E-state index is 14.4. The second-order valence-corrected chi connectivity index (χ2v) is 11.2. The molecule has 1 saturated carbocycles. The highest BCUT2D eigenvalue weighted by molar-refractivity contribution is 9.10. The molecule has 190 valence electrons.